The molecule has 0 radical (unpaired) electrons. The van der Waals surface area contributed by atoms with E-state index in [1.54, 1.807) is 0 Å². The maximum Gasteiger partial charge on any atom is 0.444 e. The fourth-order valence-corrected chi connectivity index (χ4v) is 0.551. The third-order valence-electron chi connectivity index (χ3n) is 0.943. The minimum absolute atomic E-state index is 0.116. The lowest BCUT2D eigenvalue weighted by Gasteiger charge is -1.99. The van der Waals surface area contributed by atoms with Crippen LogP contribution in [-0.4, -0.2) is 21.5 Å². The van der Waals surface area contributed by atoms with E-state index in [1.165, 1.54) is 6.92 Å². The van der Waals surface area contributed by atoms with Gasteiger partial charge in [-0.05, 0) is 0 Å². The molecule has 0 unspecified atom stereocenters. The summed E-state index contributed by atoms with van der Waals surface area (Å²) < 4.78 is 39.9. The molecule has 0 aromatic carbocycles. The zero-order valence-electron chi connectivity index (χ0n) is 6.26. The molecule has 0 saturated carbocycles. The highest BCUT2D eigenvalue weighted by Gasteiger charge is 2.35. The van der Waals surface area contributed by atoms with E-state index >= 15 is 0 Å². The summed E-state index contributed by atoms with van der Waals surface area (Å²) in [6, 6.07) is -0.514. The normalized spacial score (nSPS) is 13.5. The van der Waals surface area contributed by atoms with Gasteiger partial charge in [0.15, 0.2) is 0 Å². The Hall–Kier alpha value is -1.11. The van der Waals surface area contributed by atoms with Crippen molar-refractivity contribution in [2.75, 3.05) is 0 Å². The van der Waals surface area contributed by atoms with E-state index in [0.29, 0.717) is 0 Å². The summed E-state index contributed by atoms with van der Waals surface area (Å²) in [5, 5.41) is 4.94. The predicted octanol–water partition coefficient (Wildman–Crippen LogP) is 2.21. The van der Waals surface area contributed by atoms with E-state index in [2.05, 4.69) is 19.6 Å². The van der Waals surface area contributed by atoms with Crippen molar-refractivity contribution in [1.29, 1.82) is 0 Å². The molecule has 4 nitrogen and oxygen atoms in total. The van der Waals surface area contributed by atoms with Crippen molar-refractivity contribution in [2.45, 2.75) is 13.1 Å². The van der Waals surface area contributed by atoms with Crippen LogP contribution in [0.4, 0.5) is 19.2 Å². The Morgan fingerprint density at radius 3 is 2.46 bits per heavy atom. The van der Waals surface area contributed by atoms with Crippen molar-refractivity contribution in [2.24, 2.45) is 4.99 Å². The van der Waals surface area contributed by atoms with E-state index < -0.39 is 17.4 Å². The molecule has 0 aliphatic heterocycles. The molecule has 0 amide bonds. The lowest BCUT2D eigenvalue weighted by molar-refractivity contribution is -0.0559. The van der Waals surface area contributed by atoms with Crippen molar-refractivity contribution >= 4 is 22.8 Å². The zero-order valence-corrected chi connectivity index (χ0v) is 7.02. The van der Waals surface area contributed by atoms with Crippen LogP contribution in [0.3, 0.4) is 0 Å². The van der Waals surface area contributed by atoms with Crippen molar-refractivity contribution in [3.8, 4) is 0 Å². The largest absolute Gasteiger partial charge is 0.444 e. The van der Waals surface area contributed by atoms with E-state index in [9.17, 15) is 13.2 Å². The average molecular weight is 214 g/mol. The lowest BCUT2D eigenvalue weighted by Crippen LogP contribution is -2.16. The van der Waals surface area contributed by atoms with Crippen molar-refractivity contribution in [3.63, 3.8) is 0 Å². The molecule has 0 N–H and O–H groups in total. The van der Waals surface area contributed by atoms with Crippen molar-refractivity contribution < 1.29 is 17.6 Å². The molecule has 0 aliphatic carbocycles. The van der Waals surface area contributed by atoms with E-state index in [4.69, 9.17) is 11.6 Å². The summed E-state index contributed by atoms with van der Waals surface area (Å²) in [4.78, 5) is 2.87. The number of aliphatic imine (C=N–C) groups is 1. The molecule has 1 rings (SSSR count). The summed E-state index contributed by atoms with van der Waals surface area (Å²) in [6.07, 6.45) is -4.69. The Bertz CT molecular complexity index is 332. The van der Waals surface area contributed by atoms with Crippen LogP contribution in [0.1, 0.15) is 5.89 Å². The predicted molar refractivity (Wildman–Crippen MR) is 38.0 cm³/mol. The maximum absolute atomic E-state index is 11.8. The monoisotopic (exact) mass is 213 g/mol. The summed E-state index contributed by atoms with van der Waals surface area (Å²) >= 11 is 4.80. The van der Waals surface area contributed by atoms with E-state index in [1.807, 2.05) is 0 Å². The summed E-state index contributed by atoms with van der Waals surface area (Å²) in [7, 11) is 0. The second-order valence-electron chi connectivity index (χ2n) is 2.00. The number of hydrogen-bond acceptors (Lipinski definition) is 4. The van der Waals surface area contributed by atoms with Crippen LogP contribution in [0.2, 0.25) is 0 Å². The van der Waals surface area contributed by atoms with Crippen LogP contribution < -0.4 is 0 Å². The highest BCUT2D eigenvalue weighted by Crippen LogP contribution is 2.22. The number of nitrogens with zero attached hydrogens (tertiary/aromatic N) is 3. The van der Waals surface area contributed by atoms with Crippen molar-refractivity contribution in [1.82, 2.24) is 10.2 Å². The Kier molecular flexibility index (Phi) is 2.55. The Balaban J connectivity index is 2.89. The van der Waals surface area contributed by atoms with Gasteiger partial charge in [0.2, 0.25) is 11.1 Å². The molecule has 8 heteroatoms. The Morgan fingerprint density at radius 2 is 2.08 bits per heavy atom. The lowest BCUT2D eigenvalue weighted by atomic mass is 10.7. The molecule has 0 saturated heterocycles. The van der Waals surface area contributed by atoms with Crippen LogP contribution in [-0.2, 0) is 0 Å². The molecular weight excluding hydrogens is 211 g/mol. The minimum Gasteiger partial charge on any atom is -0.407 e. The summed E-state index contributed by atoms with van der Waals surface area (Å²) in [6.45, 7) is 1.42. The molecule has 13 heavy (non-hydrogen) atoms. The zero-order chi connectivity index (χ0) is 10.1. The van der Waals surface area contributed by atoms with Crippen LogP contribution in [0, 0.1) is 6.92 Å². The molecule has 1 aromatic heterocycles. The number of halogens is 4. The van der Waals surface area contributed by atoms with Gasteiger partial charge in [0.05, 0.1) is 0 Å². The standard InChI is InChI=1S/C5H3ClF3N3O/c1-2-11-12-4(13-2)10-3(6)5(7,8)9/h1H3. The first-order valence-electron chi connectivity index (χ1n) is 3.01. The molecule has 1 heterocycles. The fourth-order valence-electron chi connectivity index (χ4n) is 0.479. The van der Waals surface area contributed by atoms with Gasteiger partial charge in [0.25, 0.3) is 0 Å². The second-order valence-corrected chi connectivity index (χ2v) is 2.36. The maximum atomic E-state index is 11.8. The second kappa shape index (κ2) is 3.33. The van der Waals surface area contributed by atoms with Crippen LogP contribution in [0.5, 0.6) is 0 Å². The molecule has 72 valence electrons. The quantitative estimate of drug-likeness (QED) is 0.672. The number of aryl methyl sites for hydroxylation is 1. The van der Waals surface area contributed by atoms with Crippen LogP contribution in [0.15, 0.2) is 9.41 Å². The number of hydrogen-bond donors (Lipinski definition) is 0. The van der Waals surface area contributed by atoms with Gasteiger partial charge in [-0.1, -0.05) is 16.7 Å². The minimum atomic E-state index is -4.69. The SMILES string of the molecule is Cc1nnc(N=C(Cl)C(F)(F)F)o1. The number of rotatable bonds is 1. The van der Waals surface area contributed by atoms with Crippen LogP contribution >= 0.6 is 11.6 Å². The first kappa shape index (κ1) is 9.97. The van der Waals surface area contributed by atoms with E-state index in [-0.39, 0.29) is 5.89 Å². The van der Waals surface area contributed by atoms with Crippen LogP contribution in [0.25, 0.3) is 0 Å². The number of aromatic nitrogens is 2. The van der Waals surface area contributed by atoms with Gasteiger partial charge in [-0.15, -0.1) is 5.10 Å². The third-order valence-corrected chi connectivity index (χ3v) is 1.24. The molecular formula is C5H3ClF3N3O. The first-order valence-corrected chi connectivity index (χ1v) is 3.39. The number of alkyl halides is 3. The van der Waals surface area contributed by atoms with Crippen molar-refractivity contribution in [3.05, 3.63) is 5.89 Å². The van der Waals surface area contributed by atoms with Gasteiger partial charge < -0.3 is 4.42 Å². The van der Waals surface area contributed by atoms with Gasteiger partial charge >= 0.3 is 12.2 Å². The average Bonchev–Trinajstić information content (AvgIpc) is 2.33. The van der Waals surface area contributed by atoms with Gasteiger partial charge in [-0.25, -0.2) is 0 Å². The molecule has 0 atom stereocenters. The highest BCUT2D eigenvalue weighted by molar-refractivity contribution is 6.67. The molecule has 0 spiro atoms. The van der Waals surface area contributed by atoms with E-state index in [0.717, 1.165) is 0 Å². The van der Waals surface area contributed by atoms with Gasteiger partial charge in [-0.3, -0.25) is 0 Å². The van der Waals surface area contributed by atoms with Gasteiger partial charge in [0.1, 0.15) is 0 Å². The molecule has 0 bridgehead atoms. The van der Waals surface area contributed by atoms with Gasteiger partial charge in [0, 0.05) is 6.92 Å². The summed E-state index contributed by atoms with van der Waals surface area (Å²) in [5.74, 6) is 0.116. The first-order chi connectivity index (χ1) is 5.89. The fraction of sp³-hybridized carbons (Fsp3) is 0.400. The highest BCUT2D eigenvalue weighted by atomic mass is 35.5. The smallest absolute Gasteiger partial charge is 0.407 e. The molecule has 0 aliphatic rings. The Labute approximate surface area is 75.4 Å². The Morgan fingerprint density at radius 1 is 1.46 bits per heavy atom. The third kappa shape index (κ3) is 2.69. The summed E-state index contributed by atoms with van der Waals surface area (Å²) in [5.41, 5.74) is 0. The molecule has 1 aromatic rings. The topological polar surface area (TPSA) is 51.3 Å². The molecule has 0 fully saturated rings. The van der Waals surface area contributed by atoms with Gasteiger partial charge in [-0.2, -0.15) is 18.2 Å².